The van der Waals surface area contributed by atoms with E-state index in [0.717, 1.165) is 6.42 Å². The van der Waals surface area contributed by atoms with Gasteiger partial charge in [-0.15, -0.1) is 0 Å². The van der Waals surface area contributed by atoms with Crippen LogP contribution in [0.15, 0.2) is 0 Å². The summed E-state index contributed by atoms with van der Waals surface area (Å²) in [7, 11) is 0. The van der Waals surface area contributed by atoms with E-state index in [2.05, 4.69) is 33.0 Å². The maximum absolute atomic E-state index is 11.1. The van der Waals surface area contributed by atoms with Crippen LogP contribution in [-0.2, 0) is 0 Å². The Morgan fingerprint density at radius 3 is 1.82 bits per heavy atom. The Hall–Kier alpha value is -0.120. The first-order chi connectivity index (χ1) is 7.49. The minimum absolute atomic E-state index is 0.0339. The van der Waals surface area contributed by atoms with Gasteiger partial charge in [0.15, 0.2) is 0 Å². The Bertz CT molecular complexity index is 264. The third-order valence-electron chi connectivity index (χ3n) is 4.40. The smallest absolute Gasteiger partial charge is 0.0757 e. The molecule has 17 heavy (non-hydrogen) atoms. The maximum atomic E-state index is 11.1. The summed E-state index contributed by atoms with van der Waals surface area (Å²) >= 11 is 0. The lowest BCUT2D eigenvalue weighted by atomic mass is 9.60. The molecule has 0 amide bonds. The van der Waals surface area contributed by atoms with E-state index >= 15 is 0 Å². The quantitative estimate of drug-likeness (QED) is 0.711. The van der Waals surface area contributed by atoms with Crippen molar-refractivity contribution >= 4 is 0 Å². The molecule has 0 saturated carbocycles. The van der Waals surface area contributed by atoms with Crippen molar-refractivity contribution in [1.82, 2.24) is 5.32 Å². The molecule has 1 heterocycles. The summed E-state index contributed by atoms with van der Waals surface area (Å²) in [6.45, 7) is 12.5. The van der Waals surface area contributed by atoms with Crippen molar-refractivity contribution in [2.24, 2.45) is 5.41 Å². The third-order valence-corrected chi connectivity index (χ3v) is 4.40. The molecule has 0 radical (unpaired) electrons. The van der Waals surface area contributed by atoms with E-state index in [4.69, 9.17) is 0 Å². The van der Waals surface area contributed by atoms with Crippen molar-refractivity contribution in [3.8, 4) is 0 Å². The molecular formula is C14H29NO2. The molecule has 0 spiro atoms. The van der Waals surface area contributed by atoms with E-state index in [1.54, 1.807) is 0 Å². The number of hydrogen-bond acceptors (Lipinski definition) is 3. The molecule has 1 unspecified atom stereocenters. The fourth-order valence-corrected chi connectivity index (χ4v) is 3.54. The molecule has 1 fully saturated rings. The van der Waals surface area contributed by atoms with E-state index in [1.165, 1.54) is 0 Å². The van der Waals surface area contributed by atoms with Crippen molar-refractivity contribution in [3.63, 3.8) is 0 Å². The van der Waals surface area contributed by atoms with Gasteiger partial charge in [-0.25, -0.2) is 0 Å². The summed E-state index contributed by atoms with van der Waals surface area (Å²) < 4.78 is 0. The molecule has 0 bridgehead atoms. The van der Waals surface area contributed by atoms with Crippen molar-refractivity contribution in [1.29, 1.82) is 0 Å². The Kier molecular flexibility index (Phi) is 3.70. The first-order valence-electron chi connectivity index (χ1n) is 6.62. The summed E-state index contributed by atoms with van der Waals surface area (Å²) in [5.74, 6) is 0. The molecule has 1 aliphatic heterocycles. The van der Waals surface area contributed by atoms with Gasteiger partial charge in [0, 0.05) is 16.5 Å². The monoisotopic (exact) mass is 243 g/mol. The maximum Gasteiger partial charge on any atom is 0.0757 e. The van der Waals surface area contributed by atoms with E-state index in [0.29, 0.717) is 12.8 Å². The Labute approximate surface area is 106 Å². The summed E-state index contributed by atoms with van der Waals surface area (Å²) in [6.07, 6.45) is 2.13. The molecule has 102 valence electrons. The zero-order valence-corrected chi connectivity index (χ0v) is 12.2. The van der Waals surface area contributed by atoms with Crippen LogP contribution in [-0.4, -0.2) is 33.5 Å². The van der Waals surface area contributed by atoms with Crippen LogP contribution < -0.4 is 5.32 Å². The minimum atomic E-state index is -0.811. The molecule has 3 nitrogen and oxygen atoms in total. The highest BCUT2D eigenvalue weighted by Crippen LogP contribution is 2.47. The van der Waals surface area contributed by atoms with Crippen LogP contribution in [0.2, 0.25) is 0 Å². The predicted molar refractivity (Wildman–Crippen MR) is 71.0 cm³/mol. The lowest BCUT2D eigenvalue weighted by Crippen LogP contribution is -2.67. The van der Waals surface area contributed by atoms with Gasteiger partial charge >= 0.3 is 0 Å². The van der Waals surface area contributed by atoms with Crippen LogP contribution in [0, 0.1) is 5.41 Å². The molecule has 0 aromatic heterocycles. The van der Waals surface area contributed by atoms with Crippen LogP contribution in [0.25, 0.3) is 0 Å². The highest BCUT2D eigenvalue weighted by molar-refractivity contribution is 5.09. The molecular weight excluding hydrogens is 214 g/mol. The van der Waals surface area contributed by atoms with Gasteiger partial charge in [-0.2, -0.15) is 0 Å². The van der Waals surface area contributed by atoms with Crippen LogP contribution in [0.1, 0.15) is 60.8 Å². The SMILES string of the molecule is CCC(C)(CO)C1(O)CC(C)(C)NC(C)(C)C1. The summed E-state index contributed by atoms with van der Waals surface area (Å²) in [5, 5.41) is 24.3. The topological polar surface area (TPSA) is 52.5 Å². The molecule has 0 aliphatic carbocycles. The second kappa shape index (κ2) is 4.22. The van der Waals surface area contributed by atoms with Crippen molar-refractivity contribution in [2.75, 3.05) is 6.61 Å². The Morgan fingerprint density at radius 1 is 1.12 bits per heavy atom. The fraction of sp³-hybridized carbons (Fsp3) is 1.00. The minimum Gasteiger partial charge on any atom is -0.396 e. The second-order valence-corrected chi connectivity index (χ2v) is 7.35. The lowest BCUT2D eigenvalue weighted by molar-refractivity contribution is -0.155. The highest BCUT2D eigenvalue weighted by atomic mass is 16.3. The second-order valence-electron chi connectivity index (χ2n) is 7.35. The molecule has 0 aromatic rings. The lowest BCUT2D eigenvalue weighted by Gasteiger charge is -2.56. The van der Waals surface area contributed by atoms with Crippen LogP contribution >= 0.6 is 0 Å². The summed E-state index contributed by atoms with van der Waals surface area (Å²) in [4.78, 5) is 0. The number of nitrogens with one attached hydrogen (secondary N) is 1. The van der Waals surface area contributed by atoms with E-state index in [1.807, 2.05) is 13.8 Å². The van der Waals surface area contributed by atoms with Gasteiger partial charge < -0.3 is 15.5 Å². The number of rotatable bonds is 3. The average Bonchev–Trinajstić information content (AvgIpc) is 2.10. The van der Waals surface area contributed by atoms with Crippen molar-refractivity contribution in [3.05, 3.63) is 0 Å². The summed E-state index contributed by atoms with van der Waals surface area (Å²) in [5.41, 5.74) is -1.46. The van der Waals surface area contributed by atoms with E-state index < -0.39 is 11.0 Å². The molecule has 1 aliphatic rings. The standard InChI is InChI=1S/C14H29NO2/c1-7-13(6,10-16)14(17)8-11(2,3)15-12(4,5)9-14/h15-17H,7-10H2,1-6H3. The summed E-state index contributed by atoms with van der Waals surface area (Å²) in [6, 6.07) is 0. The Morgan fingerprint density at radius 2 is 1.53 bits per heavy atom. The normalized spacial score (nSPS) is 29.6. The molecule has 1 atom stereocenters. The van der Waals surface area contributed by atoms with Gasteiger partial charge in [0.1, 0.15) is 0 Å². The molecule has 3 N–H and O–H groups in total. The van der Waals surface area contributed by atoms with Crippen molar-refractivity contribution in [2.45, 2.75) is 77.5 Å². The number of aliphatic hydroxyl groups is 2. The zero-order valence-electron chi connectivity index (χ0n) is 12.2. The van der Waals surface area contributed by atoms with Gasteiger partial charge in [0.05, 0.1) is 12.2 Å². The van der Waals surface area contributed by atoms with E-state index in [9.17, 15) is 10.2 Å². The third kappa shape index (κ3) is 2.83. The van der Waals surface area contributed by atoms with Crippen LogP contribution in [0.3, 0.4) is 0 Å². The highest BCUT2D eigenvalue weighted by Gasteiger charge is 2.54. The first-order valence-corrected chi connectivity index (χ1v) is 6.62. The van der Waals surface area contributed by atoms with Gasteiger partial charge in [0.2, 0.25) is 0 Å². The predicted octanol–water partition coefficient (Wildman–Crippen LogP) is 2.07. The van der Waals surface area contributed by atoms with Gasteiger partial charge in [-0.1, -0.05) is 13.8 Å². The number of piperidine rings is 1. The van der Waals surface area contributed by atoms with Gasteiger partial charge in [-0.05, 0) is 47.0 Å². The fourth-order valence-electron chi connectivity index (χ4n) is 3.54. The number of hydrogen-bond donors (Lipinski definition) is 3. The first kappa shape index (κ1) is 14.9. The molecule has 3 heteroatoms. The number of aliphatic hydroxyl groups excluding tert-OH is 1. The van der Waals surface area contributed by atoms with Crippen LogP contribution in [0.4, 0.5) is 0 Å². The molecule has 1 rings (SSSR count). The average molecular weight is 243 g/mol. The zero-order chi connectivity index (χ0) is 13.5. The van der Waals surface area contributed by atoms with Gasteiger partial charge in [0.25, 0.3) is 0 Å². The Balaban J connectivity index is 3.10. The largest absolute Gasteiger partial charge is 0.396 e. The molecule has 1 saturated heterocycles. The van der Waals surface area contributed by atoms with E-state index in [-0.39, 0.29) is 17.7 Å². The van der Waals surface area contributed by atoms with Crippen molar-refractivity contribution < 1.29 is 10.2 Å². The van der Waals surface area contributed by atoms with Crippen LogP contribution in [0.5, 0.6) is 0 Å². The van der Waals surface area contributed by atoms with Gasteiger partial charge in [-0.3, -0.25) is 0 Å². The molecule has 0 aromatic carbocycles.